The molecule has 0 bridgehead atoms. The molecule has 28 heavy (non-hydrogen) atoms. The summed E-state index contributed by atoms with van der Waals surface area (Å²) in [6.45, 7) is 9.48. The van der Waals surface area contributed by atoms with Crippen molar-refractivity contribution in [3.8, 4) is 0 Å². The van der Waals surface area contributed by atoms with Crippen molar-refractivity contribution in [1.82, 2.24) is 24.6 Å². The second-order valence-electron chi connectivity index (χ2n) is 8.47. The highest BCUT2D eigenvalue weighted by Crippen LogP contribution is 2.26. The molecule has 2 aromatic heterocycles. The Kier molecular flexibility index (Phi) is 4.70. The highest BCUT2D eigenvalue weighted by Gasteiger charge is 2.25. The van der Waals surface area contributed by atoms with Gasteiger partial charge in [-0.2, -0.15) is 10.1 Å². The van der Waals surface area contributed by atoms with E-state index >= 15 is 0 Å². The van der Waals surface area contributed by atoms with Crippen molar-refractivity contribution in [1.29, 1.82) is 0 Å². The second kappa shape index (κ2) is 7.35. The van der Waals surface area contributed by atoms with E-state index in [1.54, 1.807) is 0 Å². The highest BCUT2D eigenvalue weighted by molar-refractivity contribution is 5.46. The van der Waals surface area contributed by atoms with E-state index in [-0.39, 0.29) is 0 Å². The third kappa shape index (κ3) is 3.36. The summed E-state index contributed by atoms with van der Waals surface area (Å²) in [5, 5.41) is 4.73. The normalized spacial score (nSPS) is 20.2. The molecule has 2 fully saturated rings. The Morgan fingerprint density at radius 2 is 1.68 bits per heavy atom. The number of anilines is 2. The molecule has 0 unspecified atom stereocenters. The fraction of sp³-hybridized carbons (Fsp3) is 0.667. The van der Waals surface area contributed by atoms with Crippen LogP contribution < -0.4 is 9.80 Å². The molecule has 3 aliphatic rings. The molecule has 7 heteroatoms. The Morgan fingerprint density at radius 1 is 0.893 bits per heavy atom. The van der Waals surface area contributed by atoms with E-state index < -0.39 is 0 Å². The average Bonchev–Trinajstić information content (AvgIpc) is 3.42. The monoisotopic (exact) mass is 381 g/mol. The molecule has 0 spiro atoms. The zero-order chi connectivity index (χ0) is 19.1. The Labute approximate surface area is 167 Å². The molecule has 2 aliphatic heterocycles. The summed E-state index contributed by atoms with van der Waals surface area (Å²) in [6, 6.07) is 2.14. The Bertz CT molecular complexity index is 845. The number of piperazine rings is 1. The van der Waals surface area contributed by atoms with Gasteiger partial charge in [0.25, 0.3) is 0 Å². The topological polar surface area (TPSA) is 53.3 Å². The molecule has 2 saturated heterocycles. The molecule has 0 N–H and O–H groups in total. The van der Waals surface area contributed by atoms with E-state index in [0.717, 1.165) is 69.7 Å². The lowest BCUT2D eigenvalue weighted by Gasteiger charge is -2.35. The van der Waals surface area contributed by atoms with Crippen molar-refractivity contribution in [3.05, 3.63) is 28.7 Å². The van der Waals surface area contributed by atoms with Crippen LogP contribution in [0.2, 0.25) is 0 Å². The molecular formula is C21H31N7. The molecule has 0 aromatic carbocycles. The first-order valence-corrected chi connectivity index (χ1v) is 10.8. The molecule has 1 aliphatic carbocycles. The minimum Gasteiger partial charge on any atom is -0.354 e. The lowest BCUT2D eigenvalue weighted by atomic mass is 10.2. The number of nitrogens with zero attached hydrogens (tertiary/aromatic N) is 7. The minimum absolute atomic E-state index is 0.917. The van der Waals surface area contributed by atoms with E-state index in [0.29, 0.717) is 0 Å². The van der Waals surface area contributed by atoms with Crippen molar-refractivity contribution >= 4 is 11.8 Å². The Hall–Kier alpha value is -2.15. The summed E-state index contributed by atoms with van der Waals surface area (Å²) in [6.07, 6.45) is 6.14. The molecule has 150 valence electrons. The lowest BCUT2D eigenvalue weighted by molar-refractivity contribution is 0.242. The first-order valence-electron chi connectivity index (χ1n) is 10.8. The van der Waals surface area contributed by atoms with Crippen LogP contribution in [0.3, 0.4) is 0 Å². The standard InChI is InChI=1S/C21H31N7/c1-16-14-20(23-21(22-16)28-8-3-4-9-28)27-12-10-26(11-13-27)15-19-17-6-5-7-18(17)24-25(19)2/h14H,3-13,15H2,1-2H3. The number of fused-ring (bicyclic) bond motifs is 1. The Balaban J connectivity index is 1.25. The van der Waals surface area contributed by atoms with E-state index in [2.05, 4.69) is 44.4 Å². The predicted molar refractivity (Wildman–Crippen MR) is 111 cm³/mol. The number of hydrogen-bond donors (Lipinski definition) is 0. The zero-order valence-corrected chi connectivity index (χ0v) is 17.2. The van der Waals surface area contributed by atoms with Crippen LogP contribution in [0.25, 0.3) is 0 Å². The first-order chi connectivity index (χ1) is 13.7. The molecule has 0 radical (unpaired) electrons. The largest absolute Gasteiger partial charge is 0.354 e. The third-order valence-electron chi connectivity index (χ3n) is 6.49. The van der Waals surface area contributed by atoms with Gasteiger partial charge in [0.05, 0.1) is 11.4 Å². The number of aryl methyl sites for hydroxylation is 3. The molecule has 7 nitrogen and oxygen atoms in total. The molecule has 5 rings (SSSR count). The lowest BCUT2D eigenvalue weighted by Crippen LogP contribution is -2.46. The van der Waals surface area contributed by atoms with Crippen LogP contribution in [0.1, 0.15) is 41.9 Å². The van der Waals surface area contributed by atoms with Crippen molar-refractivity contribution in [2.45, 2.75) is 45.6 Å². The van der Waals surface area contributed by atoms with Gasteiger partial charge in [0.1, 0.15) is 5.82 Å². The second-order valence-corrected chi connectivity index (χ2v) is 8.47. The van der Waals surface area contributed by atoms with Gasteiger partial charge < -0.3 is 9.80 Å². The first kappa shape index (κ1) is 17.9. The van der Waals surface area contributed by atoms with Gasteiger partial charge in [-0.25, -0.2) is 4.98 Å². The predicted octanol–water partition coefficient (Wildman–Crippen LogP) is 1.93. The SMILES string of the molecule is Cc1cc(N2CCN(Cc3c4c(nn3C)CCC4)CC2)nc(N2CCCC2)n1. The third-order valence-corrected chi connectivity index (χ3v) is 6.49. The van der Waals surface area contributed by atoms with Crippen molar-refractivity contribution in [3.63, 3.8) is 0 Å². The van der Waals surface area contributed by atoms with Gasteiger partial charge in [-0.3, -0.25) is 9.58 Å². The highest BCUT2D eigenvalue weighted by atomic mass is 15.3. The summed E-state index contributed by atoms with van der Waals surface area (Å²) in [5.74, 6) is 2.01. The maximum Gasteiger partial charge on any atom is 0.227 e. The summed E-state index contributed by atoms with van der Waals surface area (Å²) in [5.41, 5.74) is 5.35. The average molecular weight is 382 g/mol. The van der Waals surface area contributed by atoms with Crippen LogP contribution >= 0.6 is 0 Å². The van der Waals surface area contributed by atoms with Gasteiger partial charge in [0.15, 0.2) is 0 Å². The van der Waals surface area contributed by atoms with Crippen LogP contribution in [0.5, 0.6) is 0 Å². The summed E-state index contributed by atoms with van der Waals surface area (Å²) in [4.78, 5) is 16.9. The van der Waals surface area contributed by atoms with Gasteiger partial charge in [-0.15, -0.1) is 0 Å². The van der Waals surface area contributed by atoms with Crippen LogP contribution in [0, 0.1) is 6.92 Å². The quantitative estimate of drug-likeness (QED) is 0.807. The maximum absolute atomic E-state index is 4.91. The number of hydrogen-bond acceptors (Lipinski definition) is 6. The van der Waals surface area contributed by atoms with Gasteiger partial charge in [-0.05, 0) is 44.6 Å². The number of rotatable bonds is 4. The zero-order valence-electron chi connectivity index (χ0n) is 17.2. The fourth-order valence-corrected chi connectivity index (χ4v) is 4.89. The molecule has 0 saturated carbocycles. The van der Waals surface area contributed by atoms with Crippen molar-refractivity contribution in [2.24, 2.45) is 7.05 Å². The van der Waals surface area contributed by atoms with E-state index in [9.17, 15) is 0 Å². The van der Waals surface area contributed by atoms with Crippen molar-refractivity contribution < 1.29 is 0 Å². The molecular weight excluding hydrogens is 350 g/mol. The van der Waals surface area contributed by atoms with Crippen LogP contribution in [0.4, 0.5) is 11.8 Å². The minimum atomic E-state index is 0.917. The van der Waals surface area contributed by atoms with E-state index in [1.807, 2.05) is 0 Å². The fourth-order valence-electron chi connectivity index (χ4n) is 4.89. The molecule has 2 aromatic rings. The van der Waals surface area contributed by atoms with Gasteiger partial charge in [-0.1, -0.05) is 0 Å². The van der Waals surface area contributed by atoms with Gasteiger partial charge >= 0.3 is 0 Å². The van der Waals surface area contributed by atoms with Crippen molar-refractivity contribution in [2.75, 3.05) is 49.1 Å². The van der Waals surface area contributed by atoms with Gasteiger partial charge in [0.2, 0.25) is 5.95 Å². The Morgan fingerprint density at radius 3 is 2.46 bits per heavy atom. The van der Waals surface area contributed by atoms with E-state index in [4.69, 9.17) is 10.1 Å². The van der Waals surface area contributed by atoms with Crippen LogP contribution in [-0.2, 0) is 26.4 Å². The maximum atomic E-state index is 4.91. The van der Waals surface area contributed by atoms with E-state index in [1.165, 1.54) is 42.6 Å². The molecule has 0 amide bonds. The van der Waals surface area contributed by atoms with Crippen LogP contribution in [0.15, 0.2) is 6.07 Å². The number of aromatic nitrogens is 4. The molecule has 4 heterocycles. The van der Waals surface area contributed by atoms with Gasteiger partial charge in [0, 0.05) is 64.6 Å². The molecule has 0 atom stereocenters. The van der Waals surface area contributed by atoms with Crippen LogP contribution in [-0.4, -0.2) is 63.9 Å². The summed E-state index contributed by atoms with van der Waals surface area (Å²) < 4.78 is 2.12. The smallest absolute Gasteiger partial charge is 0.227 e. The summed E-state index contributed by atoms with van der Waals surface area (Å²) in [7, 11) is 2.10. The summed E-state index contributed by atoms with van der Waals surface area (Å²) >= 11 is 0.